The standard InChI is InChI=1S/C14H11ClN2/c15-11-6-2-4-8-13(11)17-14-9-10-5-1-3-7-12(10)16-14/h1-9,16-17H. The predicted molar refractivity (Wildman–Crippen MR) is 73.0 cm³/mol. The van der Waals surface area contributed by atoms with E-state index in [1.807, 2.05) is 42.5 Å². The second-order valence-electron chi connectivity index (χ2n) is 3.88. The molecule has 0 saturated heterocycles. The quantitative estimate of drug-likeness (QED) is 0.677. The van der Waals surface area contributed by atoms with Gasteiger partial charge in [-0.05, 0) is 24.3 Å². The molecule has 0 aliphatic rings. The number of H-pyrrole nitrogens is 1. The van der Waals surface area contributed by atoms with Gasteiger partial charge in [0.25, 0.3) is 0 Å². The Bertz CT molecular complexity index is 625. The molecule has 1 aromatic heterocycles. The normalized spacial score (nSPS) is 10.6. The summed E-state index contributed by atoms with van der Waals surface area (Å²) in [6.45, 7) is 0. The molecule has 0 aliphatic carbocycles. The number of anilines is 2. The molecule has 0 fully saturated rings. The lowest BCUT2D eigenvalue weighted by Gasteiger charge is -2.05. The number of halogens is 1. The molecule has 84 valence electrons. The van der Waals surface area contributed by atoms with E-state index in [4.69, 9.17) is 11.6 Å². The van der Waals surface area contributed by atoms with Crippen LogP contribution in [-0.4, -0.2) is 4.98 Å². The monoisotopic (exact) mass is 242 g/mol. The zero-order chi connectivity index (χ0) is 11.7. The molecular weight excluding hydrogens is 232 g/mol. The zero-order valence-electron chi connectivity index (χ0n) is 9.07. The summed E-state index contributed by atoms with van der Waals surface area (Å²) in [6.07, 6.45) is 0. The van der Waals surface area contributed by atoms with Crippen LogP contribution in [0.3, 0.4) is 0 Å². The van der Waals surface area contributed by atoms with Crippen molar-refractivity contribution >= 4 is 34.0 Å². The number of nitrogens with one attached hydrogen (secondary N) is 2. The maximum atomic E-state index is 6.10. The highest BCUT2D eigenvalue weighted by atomic mass is 35.5. The van der Waals surface area contributed by atoms with E-state index in [0.29, 0.717) is 5.02 Å². The molecule has 0 amide bonds. The van der Waals surface area contributed by atoms with Gasteiger partial charge in [-0.2, -0.15) is 0 Å². The van der Waals surface area contributed by atoms with E-state index in [1.165, 1.54) is 5.39 Å². The molecule has 3 rings (SSSR count). The van der Waals surface area contributed by atoms with E-state index in [1.54, 1.807) is 0 Å². The van der Waals surface area contributed by atoms with Crippen molar-refractivity contribution < 1.29 is 0 Å². The predicted octanol–water partition coefficient (Wildman–Crippen LogP) is 4.56. The molecule has 3 aromatic rings. The number of rotatable bonds is 2. The summed E-state index contributed by atoms with van der Waals surface area (Å²) in [7, 11) is 0. The number of para-hydroxylation sites is 2. The Morgan fingerprint density at radius 1 is 0.941 bits per heavy atom. The minimum absolute atomic E-state index is 0.714. The van der Waals surface area contributed by atoms with E-state index in [0.717, 1.165) is 17.0 Å². The molecule has 0 spiro atoms. The minimum atomic E-state index is 0.714. The van der Waals surface area contributed by atoms with E-state index in [9.17, 15) is 0 Å². The van der Waals surface area contributed by atoms with Crippen LogP contribution < -0.4 is 5.32 Å². The molecular formula is C14H11ClN2. The van der Waals surface area contributed by atoms with Crippen molar-refractivity contribution in [2.75, 3.05) is 5.32 Å². The average Bonchev–Trinajstić information content (AvgIpc) is 2.74. The van der Waals surface area contributed by atoms with Gasteiger partial charge in [-0.25, -0.2) is 0 Å². The summed E-state index contributed by atoms with van der Waals surface area (Å²) >= 11 is 6.10. The van der Waals surface area contributed by atoms with Gasteiger partial charge in [0.2, 0.25) is 0 Å². The van der Waals surface area contributed by atoms with Crippen LogP contribution in [0.5, 0.6) is 0 Å². The van der Waals surface area contributed by atoms with Crippen molar-refractivity contribution in [2.24, 2.45) is 0 Å². The highest BCUT2D eigenvalue weighted by molar-refractivity contribution is 6.33. The van der Waals surface area contributed by atoms with E-state index in [2.05, 4.69) is 22.4 Å². The Labute approximate surface area is 104 Å². The van der Waals surface area contributed by atoms with Gasteiger partial charge in [-0.1, -0.05) is 41.9 Å². The first-order chi connectivity index (χ1) is 8.33. The topological polar surface area (TPSA) is 27.8 Å². The number of aromatic nitrogens is 1. The summed E-state index contributed by atoms with van der Waals surface area (Å²) in [6, 6.07) is 17.9. The average molecular weight is 243 g/mol. The highest BCUT2D eigenvalue weighted by Crippen LogP contribution is 2.26. The number of fused-ring (bicyclic) bond motifs is 1. The molecule has 17 heavy (non-hydrogen) atoms. The highest BCUT2D eigenvalue weighted by Gasteiger charge is 2.02. The minimum Gasteiger partial charge on any atom is -0.341 e. The molecule has 0 atom stereocenters. The summed E-state index contributed by atoms with van der Waals surface area (Å²) in [4.78, 5) is 3.30. The third-order valence-corrected chi connectivity index (χ3v) is 3.00. The number of aromatic amines is 1. The first-order valence-corrected chi connectivity index (χ1v) is 5.80. The molecule has 2 aromatic carbocycles. The fourth-order valence-corrected chi connectivity index (χ4v) is 2.03. The Morgan fingerprint density at radius 2 is 1.71 bits per heavy atom. The molecule has 2 N–H and O–H groups in total. The smallest absolute Gasteiger partial charge is 0.108 e. The van der Waals surface area contributed by atoms with Crippen LogP contribution >= 0.6 is 11.6 Å². The second kappa shape index (κ2) is 4.15. The maximum absolute atomic E-state index is 6.10. The van der Waals surface area contributed by atoms with Crippen molar-refractivity contribution in [3.63, 3.8) is 0 Å². The molecule has 0 unspecified atom stereocenters. The third kappa shape index (κ3) is 1.99. The van der Waals surface area contributed by atoms with Gasteiger partial charge in [-0.3, -0.25) is 0 Å². The van der Waals surface area contributed by atoms with Gasteiger partial charge in [-0.15, -0.1) is 0 Å². The Morgan fingerprint density at radius 3 is 2.53 bits per heavy atom. The fraction of sp³-hybridized carbons (Fsp3) is 0. The first kappa shape index (κ1) is 10.2. The van der Waals surface area contributed by atoms with Crippen LogP contribution in [0.4, 0.5) is 11.5 Å². The molecule has 0 saturated carbocycles. The molecule has 3 heteroatoms. The van der Waals surface area contributed by atoms with Crippen molar-refractivity contribution in [1.29, 1.82) is 0 Å². The molecule has 0 bridgehead atoms. The van der Waals surface area contributed by atoms with Crippen LogP contribution in [0.1, 0.15) is 0 Å². The van der Waals surface area contributed by atoms with Crippen molar-refractivity contribution in [2.45, 2.75) is 0 Å². The Hall–Kier alpha value is -1.93. The van der Waals surface area contributed by atoms with Crippen molar-refractivity contribution in [1.82, 2.24) is 4.98 Å². The molecule has 0 aliphatic heterocycles. The molecule has 2 nitrogen and oxygen atoms in total. The van der Waals surface area contributed by atoms with Crippen LogP contribution in [-0.2, 0) is 0 Å². The summed E-state index contributed by atoms with van der Waals surface area (Å²) < 4.78 is 0. The Kier molecular flexibility index (Phi) is 2.50. The fourth-order valence-electron chi connectivity index (χ4n) is 1.85. The molecule has 1 heterocycles. The van der Waals surface area contributed by atoms with Crippen molar-refractivity contribution in [3.8, 4) is 0 Å². The van der Waals surface area contributed by atoms with Gasteiger partial charge in [0.1, 0.15) is 5.82 Å². The van der Waals surface area contributed by atoms with Gasteiger partial charge < -0.3 is 10.3 Å². The van der Waals surface area contributed by atoms with Gasteiger partial charge in [0.15, 0.2) is 0 Å². The number of benzene rings is 2. The van der Waals surface area contributed by atoms with E-state index in [-0.39, 0.29) is 0 Å². The van der Waals surface area contributed by atoms with Gasteiger partial charge in [0, 0.05) is 10.9 Å². The lowest BCUT2D eigenvalue weighted by molar-refractivity contribution is 1.42. The van der Waals surface area contributed by atoms with E-state index >= 15 is 0 Å². The summed E-state index contributed by atoms with van der Waals surface area (Å²) in [5, 5.41) is 5.17. The Balaban J connectivity index is 1.98. The summed E-state index contributed by atoms with van der Waals surface area (Å²) in [5.74, 6) is 0.944. The lowest BCUT2D eigenvalue weighted by Crippen LogP contribution is -1.90. The SMILES string of the molecule is Clc1ccccc1Nc1cc2ccccc2[nH]1. The first-order valence-electron chi connectivity index (χ1n) is 5.42. The van der Waals surface area contributed by atoms with Crippen LogP contribution in [0.15, 0.2) is 54.6 Å². The van der Waals surface area contributed by atoms with Crippen LogP contribution in [0.2, 0.25) is 5.02 Å². The second-order valence-corrected chi connectivity index (χ2v) is 4.28. The third-order valence-electron chi connectivity index (χ3n) is 2.67. The maximum Gasteiger partial charge on any atom is 0.108 e. The largest absolute Gasteiger partial charge is 0.341 e. The number of hydrogen-bond acceptors (Lipinski definition) is 1. The van der Waals surface area contributed by atoms with Gasteiger partial charge in [0.05, 0.1) is 10.7 Å². The van der Waals surface area contributed by atoms with Gasteiger partial charge >= 0.3 is 0 Å². The summed E-state index contributed by atoms with van der Waals surface area (Å²) in [5.41, 5.74) is 2.02. The van der Waals surface area contributed by atoms with Crippen LogP contribution in [0.25, 0.3) is 10.9 Å². The van der Waals surface area contributed by atoms with E-state index < -0.39 is 0 Å². The lowest BCUT2D eigenvalue weighted by atomic mass is 10.2. The number of hydrogen-bond donors (Lipinski definition) is 2. The molecule has 0 radical (unpaired) electrons. The van der Waals surface area contributed by atoms with Crippen molar-refractivity contribution in [3.05, 3.63) is 59.6 Å². The van der Waals surface area contributed by atoms with Crippen LogP contribution in [0, 0.1) is 0 Å². The zero-order valence-corrected chi connectivity index (χ0v) is 9.83.